The summed E-state index contributed by atoms with van der Waals surface area (Å²) in [4.78, 5) is 10.3. The zero-order valence-electron chi connectivity index (χ0n) is 9.41. The second kappa shape index (κ2) is 4.73. The fourth-order valence-electron chi connectivity index (χ4n) is 1.64. The van der Waals surface area contributed by atoms with E-state index in [4.69, 9.17) is 0 Å². The van der Waals surface area contributed by atoms with Crippen LogP contribution in [0.5, 0.6) is 0 Å². The van der Waals surface area contributed by atoms with Gasteiger partial charge in [-0.2, -0.15) is 0 Å². The molecule has 0 amide bonds. The molecule has 0 aliphatic carbocycles. The van der Waals surface area contributed by atoms with E-state index < -0.39 is 4.92 Å². The Morgan fingerprint density at radius 3 is 3.00 bits per heavy atom. The minimum Gasteiger partial charge on any atom is -0.314 e. The number of aromatic nitrogens is 3. The van der Waals surface area contributed by atoms with Crippen molar-refractivity contribution >= 4 is 5.69 Å². The third-order valence-electron chi connectivity index (χ3n) is 2.40. The van der Waals surface area contributed by atoms with Crippen molar-refractivity contribution in [3.8, 4) is 11.4 Å². The molecular formula is C11H12N4O2. The van der Waals surface area contributed by atoms with Gasteiger partial charge in [-0.15, -0.1) is 10.2 Å². The fourth-order valence-corrected chi connectivity index (χ4v) is 1.64. The highest BCUT2D eigenvalue weighted by molar-refractivity contribution is 5.59. The predicted molar refractivity (Wildman–Crippen MR) is 62.4 cm³/mol. The zero-order chi connectivity index (χ0) is 12.3. The van der Waals surface area contributed by atoms with Crippen molar-refractivity contribution in [1.29, 1.82) is 0 Å². The minimum absolute atomic E-state index is 0.0635. The van der Waals surface area contributed by atoms with Crippen molar-refractivity contribution in [2.24, 2.45) is 0 Å². The fraction of sp³-hybridized carbons (Fsp3) is 0.273. The molecule has 0 fully saturated rings. The number of benzene rings is 1. The molecule has 0 aliphatic heterocycles. The minimum atomic E-state index is -0.413. The van der Waals surface area contributed by atoms with Gasteiger partial charge >= 0.3 is 0 Å². The number of hydrogen-bond donors (Lipinski definition) is 0. The lowest BCUT2D eigenvalue weighted by Gasteiger charge is -2.04. The predicted octanol–water partition coefficient (Wildman–Crippen LogP) is 2.26. The first kappa shape index (κ1) is 11.3. The maximum Gasteiger partial charge on any atom is 0.270 e. The van der Waals surface area contributed by atoms with Crippen LogP contribution in [0.25, 0.3) is 11.4 Å². The van der Waals surface area contributed by atoms with E-state index in [1.54, 1.807) is 18.5 Å². The van der Waals surface area contributed by atoms with Gasteiger partial charge in [0, 0.05) is 24.2 Å². The van der Waals surface area contributed by atoms with Gasteiger partial charge < -0.3 is 4.57 Å². The second-order valence-corrected chi connectivity index (χ2v) is 3.66. The van der Waals surface area contributed by atoms with Crippen molar-refractivity contribution in [2.45, 2.75) is 19.9 Å². The van der Waals surface area contributed by atoms with Crippen molar-refractivity contribution < 1.29 is 4.92 Å². The summed E-state index contributed by atoms with van der Waals surface area (Å²) in [6.45, 7) is 2.85. The summed E-state index contributed by atoms with van der Waals surface area (Å²) in [5.41, 5.74) is 0.777. The highest BCUT2D eigenvalue weighted by Crippen LogP contribution is 2.21. The first-order valence-electron chi connectivity index (χ1n) is 5.35. The van der Waals surface area contributed by atoms with E-state index in [1.807, 2.05) is 4.57 Å². The van der Waals surface area contributed by atoms with Gasteiger partial charge in [0.25, 0.3) is 5.69 Å². The molecule has 2 aromatic rings. The summed E-state index contributed by atoms with van der Waals surface area (Å²) in [6.07, 6.45) is 2.59. The smallest absolute Gasteiger partial charge is 0.270 e. The van der Waals surface area contributed by atoms with Crippen LogP contribution in [-0.2, 0) is 6.54 Å². The average Bonchev–Trinajstić information content (AvgIpc) is 2.78. The third-order valence-corrected chi connectivity index (χ3v) is 2.40. The molecule has 6 heteroatoms. The molecule has 0 aliphatic rings. The van der Waals surface area contributed by atoms with Gasteiger partial charge in [-0.3, -0.25) is 10.1 Å². The standard InChI is InChI=1S/C11H12N4O2/c1-2-6-14-8-12-13-11(14)9-4-3-5-10(7-9)15(16)17/h3-5,7-8H,2,6H2,1H3. The lowest BCUT2D eigenvalue weighted by molar-refractivity contribution is -0.384. The number of nitro benzene ring substituents is 1. The number of nitrogens with zero attached hydrogens (tertiary/aromatic N) is 4. The van der Waals surface area contributed by atoms with E-state index in [-0.39, 0.29) is 5.69 Å². The Balaban J connectivity index is 2.42. The summed E-state index contributed by atoms with van der Waals surface area (Å²) >= 11 is 0. The van der Waals surface area contributed by atoms with Crippen molar-refractivity contribution in [3.63, 3.8) is 0 Å². The van der Waals surface area contributed by atoms with Crippen LogP contribution in [0.3, 0.4) is 0 Å². The van der Waals surface area contributed by atoms with Crippen molar-refractivity contribution in [2.75, 3.05) is 0 Å². The molecule has 0 N–H and O–H groups in total. The number of hydrogen-bond acceptors (Lipinski definition) is 4. The lowest BCUT2D eigenvalue weighted by Crippen LogP contribution is -1.98. The van der Waals surface area contributed by atoms with Gasteiger partial charge in [0.15, 0.2) is 5.82 Å². The molecule has 0 unspecified atom stereocenters. The van der Waals surface area contributed by atoms with E-state index in [9.17, 15) is 10.1 Å². The van der Waals surface area contributed by atoms with E-state index in [0.29, 0.717) is 11.4 Å². The molecule has 0 atom stereocenters. The maximum atomic E-state index is 10.7. The highest BCUT2D eigenvalue weighted by atomic mass is 16.6. The molecule has 0 spiro atoms. The average molecular weight is 232 g/mol. The number of non-ortho nitro benzene ring substituents is 1. The van der Waals surface area contributed by atoms with Gasteiger partial charge in [0.1, 0.15) is 6.33 Å². The van der Waals surface area contributed by atoms with Crippen LogP contribution in [0, 0.1) is 10.1 Å². The van der Waals surface area contributed by atoms with Gasteiger partial charge in [0.05, 0.1) is 4.92 Å². The summed E-state index contributed by atoms with van der Waals surface area (Å²) < 4.78 is 1.89. The van der Waals surface area contributed by atoms with Crippen LogP contribution in [0.2, 0.25) is 0 Å². The SMILES string of the molecule is CCCn1cnnc1-c1cccc([N+](=O)[O-])c1. The van der Waals surface area contributed by atoms with E-state index in [2.05, 4.69) is 17.1 Å². The lowest BCUT2D eigenvalue weighted by atomic mass is 10.2. The van der Waals surface area contributed by atoms with Gasteiger partial charge in [-0.1, -0.05) is 19.1 Å². The largest absolute Gasteiger partial charge is 0.314 e. The number of rotatable bonds is 4. The number of nitro groups is 1. The monoisotopic (exact) mass is 232 g/mol. The van der Waals surface area contributed by atoms with E-state index in [0.717, 1.165) is 13.0 Å². The maximum absolute atomic E-state index is 10.7. The normalized spacial score (nSPS) is 10.4. The Hall–Kier alpha value is -2.24. The Morgan fingerprint density at radius 2 is 2.29 bits per heavy atom. The molecule has 0 saturated carbocycles. The van der Waals surface area contributed by atoms with Gasteiger partial charge in [0.2, 0.25) is 0 Å². The van der Waals surface area contributed by atoms with Crippen LogP contribution in [-0.4, -0.2) is 19.7 Å². The molecule has 1 aromatic heterocycles. The van der Waals surface area contributed by atoms with Crippen molar-refractivity contribution in [1.82, 2.24) is 14.8 Å². The molecule has 17 heavy (non-hydrogen) atoms. The Kier molecular flexibility index (Phi) is 3.13. The Labute approximate surface area is 98.1 Å². The summed E-state index contributed by atoms with van der Waals surface area (Å²) in [7, 11) is 0. The van der Waals surface area contributed by atoms with Crippen LogP contribution in [0.15, 0.2) is 30.6 Å². The van der Waals surface area contributed by atoms with Crippen molar-refractivity contribution in [3.05, 3.63) is 40.7 Å². The zero-order valence-corrected chi connectivity index (χ0v) is 9.41. The Morgan fingerprint density at radius 1 is 1.47 bits per heavy atom. The highest BCUT2D eigenvalue weighted by Gasteiger charge is 2.11. The molecule has 2 rings (SSSR count). The van der Waals surface area contributed by atoms with E-state index in [1.165, 1.54) is 12.1 Å². The molecule has 0 bridgehead atoms. The molecule has 0 saturated heterocycles. The van der Waals surface area contributed by atoms with E-state index >= 15 is 0 Å². The van der Waals surface area contributed by atoms with Crippen LogP contribution in [0.1, 0.15) is 13.3 Å². The van der Waals surface area contributed by atoms with Crippen LogP contribution >= 0.6 is 0 Å². The molecular weight excluding hydrogens is 220 g/mol. The Bertz CT molecular complexity index is 536. The molecule has 88 valence electrons. The molecule has 0 radical (unpaired) electrons. The summed E-state index contributed by atoms with van der Waals surface area (Å²) in [6, 6.07) is 6.42. The second-order valence-electron chi connectivity index (χ2n) is 3.66. The van der Waals surface area contributed by atoms with Crippen LogP contribution < -0.4 is 0 Å². The quantitative estimate of drug-likeness (QED) is 0.598. The number of aryl methyl sites for hydroxylation is 1. The molecule has 1 aromatic carbocycles. The summed E-state index contributed by atoms with van der Waals surface area (Å²) in [5, 5.41) is 18.5. The molecule has 6 nitrogen and oxygen atoms in total. The topological polar surface area (TPSA) is 73.8 Å². The molecule has 1 heterocycles. The first-order chi connectivity index (χ1) is 8.22. The summed E-state index contributed by atoms with van der Waals surface area (Å²) in [5.74, 6) is 0.663. The van der Waals surface area contributed by atoms with Gasteiger partial charge in [-0.25, -0.2) is 0 Å². The van der Waals surface area contributed by atoms with Crippen LogP contribution in [0.4, 0.5) is 5.69 Å². The first-order valence-corrected chi connectivity index (χ1v) is 5.35. The third kappa shape index (κ3) is 2.30. The van der Waals surface area contributed by atoms with Gasteiger partial charge in [-0.05, 0) is 6.42 Å².